The van der Waals surface area contributed by atoms with Crippen LogP contribution in [0.4, 0.5) is 6.01 Å². The molecule has 1 aromatic rings. The van der Waals surface area contributed by atoms with Crippen LogP contribution in [0.3, 0.4) is 0 Å². The van der Waals surface area contributed by atoms with Gasteiger partial charge in [-0.15, -0.1) is 0 Å². The van der Waals surface area contributed by atoms with Crippen molar-refractivity contribution in [2.75, 3.05) is 12.4 Å². The van der Waals surface area contributed by atoms with E-state index in [0.29, 0.717) is 0 Å². The Hall–Kier alpha value is -1.36. The van der Waals surface area contributed by atoms with Gasteiger partial charge in [0.05, 0.1) is 5.69 Å². The first-order valence-electron chi connectivity index (χ1n) is 4.24. The summed E-state index contributed by atoms with van der Waals surface area (Å²) < 4.78 is 9.97. The van der Waals surface area contributed by atoms with Crippen LogP contribution in [0.15, 0.2) is 10.7 Å². The molecule has 0 radical (unpaired) electrons. The number of aromatic nitrogens is 1. The van der Waals surface area contributed by atoms with Crippen molar-refractivity contribution in [3.8, 4) is 0 Å². The second-order valence-electron chi connectivity index (χ2n) is 3.46. The molecule has 1 amide bonds. The number of carbonyl (C=O) groups excluding carboxylic acids is 1. The maximum absolute atomic E-state index is 11.5. The summed E-state index contributed by atoms with van der Waals surface area (Å²) in [6.07, 6.45) is 1.47. The Kier molecular flexibility index (Phi) is 2.90. The van der Waals surface area contributed by atoms with Gasteiger partial charge in [0.1, 0.15) is 11.9 Å². The molecule has 78 valence electrons. The number of nitrogens with zero attached hydrogens (tertiary/aromatic N) is 1. The third-order valence-corrected chi connectivity index (χ3v) is 1.90. The molecular weight excluding hydrogens is 184 g/mol. The molecule has 0 aliphatic heterocycles. The summed E-state index contributed by atoms with van der Waals surface area (Å²) >= 11 is 0. The van der Waals surface area contributed by atoms with Crippen molar-refractivity contribution in [3.05, 3.63) is 12.0 Å². The number of carbonyl (C=O) groups is 1. The van der Waals surface area contributed by atoms with Crippen LogP contribution >= 0.6 is 0 Å². The fourth-order valence-electron chi connectivity index (χ4n) is 0.752. The number of nitrogens with one attached hydrogen (secondary N) is 1. The second-order valence-corrected chi connectivity index (χ2v) is 3.46. The van der Waals surface area contributed by atoms with Crippen LogP contribution in [0.2, 0.25) is 0 Å². The topological polar surface area (TPSA) is 64.4 Å². The van der Waals surface area contributed by atoms with Gasteiger partial charge in [0.2, 0.25) is 0 Å². The molecule has 0 fully saturated rings. The van der Waals surface area contributed by atoms with Gasteiger partial charge < -0.3 is 9.15 Å². The number of rotatable bonds is 3. The van der Waals surface area contributed by atoms with E-state index >= 15 is 0 Å². The first kappa shape index (κ1) is 10.7. The Morgan fingerprint density at radius 3 is 2.71 bits per heavy atom. The van der Waals surface area contributed by atoms with Gasteiger partial charge in [0.15, 0.2) is 0 Å². The quantitative estimate of drug-likeness (QED) is 0.796. The smallest absolute Gasteiger partial charge is 0.301 e. The molecule has 0 atom stereocenters. The third kappa shape index (κ3) is 2.32. The number of methoxy groups -OCH3 is 1. The summed E-state index contributed by atoms with van der Waals surface area (Å²) in [4.78, 5) is 15.5. The van der Waals surface area contributed by atoms with E-state index in [2.05, 4.69) is 10.3 Å². The summed E-state index contributed by atoms with van der Waals surface area (Å²) in [5.74, 6) is -0.290. The minimum absolute atomic E-state index is 0.192. The van der Waals surface area contributed by atoms with E-state index in [0.717, 1.165) is 5.69 Å². The Morgan fingerprint density at radius 1 is 1.64 bits per heavy atom. The first-order chi connectivity index (χ1) is 6.45. The molecule has 1 heterocycles. The Labute approximate surface area is 82.5 Å². The lowest BCUT2D eigenvalue weighted by Gasteiger charge is -2.20. The van der Waals surface area contributed by atoms with E-state index in [1.807, 2.05) is 0 Å². The lowest BCUT2D eigenvalue weighted by molar-refractivity contribution is -0.133. The molecule has 1 aromatic heterocycles. The average molecular weight is 198 g/mol. The largest absolute Gasteiger partial charge is 0.432 e. The zero-order chi connectivity index (χ0) is 10.8. The van der Waals surface area contributed by atoms with Crippen molar-refractivity contribution in [1.82, 2.24) is 4.98 Å². The number of oxazole rings is 1. The monoisotopic (exact) mass is 198 g/mol. The summed E-state index contributed by atoms with van der Waals surface area (Å²) in [5, 5.41) is 2.51. The molecule has 0 spiro atoms. The van der Waals surface area contributed by atoms with Crippen molar-refractivity contribution >= 4 is 11.9 Å². The van der Waals surface area contributed by atoms with E-state index in [1.54, 1.807) is 20.8 Å². The van der Waals surface area contributed by atoms with Gasteiger partial charge in [-0.1, -0.05) is 0 Å². The summed E-state index contributed by atoms with van der Waals surface area (Å²) in [6, 6.07) is 0.192. The molecule has 0 unspecified atom stereocenters. The Morgan fingerprint density at radius 2 is 2.29 bits per heavy atom. The lowest BCUT2D eigenvalue weighted by Crippen LogP contribution is -2.38. The summed E-state index contributed by atoms with van der Waals surface area (Å²) in [7, 11) is 1.47. The Balaban J connectivity index is 2.66. The van der Waals surface area contributed by atoms with Crippen LogP contribution in [0, 0.1) is 6.92 Å². The molecule has 1 rings (SSSR count). The number of aryl methyl sites for hydroxylation is 1. The minimum Gasteiger partial charge on any atom is -0.432 e. The number of anilines is 1. The van der Waals surface area contributed by atoms with Crippen LogP contribution < -0.4 is 5.32 Å². The molecule has 5 heteroatoms. The van der Waals surface area contributed by atoms with Crippen molar-refractivity contribution < 1.29 is 13.9 Å². The minimum atomic E-state index is -0.887. The standard InChI is InChI=1S/C9H14N2O3/c1-6-5-14-8(10-6)11-7(12)9(2,3)13-4/h5H,1-4H3,(H,10,11,12). The van der Waals surface area contributed by atoms with Crippen LogP contribution in [-0.4, -0.2) is 23.6 Å². The number of amides is 1. The average Bonchev–Trinajstić information content (AvgIpc) is 2.51. The van der Waals surface area contributed by atoms with Gasteiger partial charge in [-0.05, 0) is 20.8 Å². The molecule has 14 heavy (non-hydrogen) atoms. The highest BCUT2D eigenvalue weighted by Gasteiger charge is 2.27. The van der Waals surface area contributed by atoms with Crippen molar-refractivity contribution in [2.24, 2.45) is 0 Å². The lowest BCUT2D eigenvalue weighted by atomic mass is 10.1. The zero-order valence-corrected chi connectivity index (χ0v) is 8.75. The predicted molar refractivity (Wildman–Crippen MR) is 51.0 cm³/mol. The van der Waals surface area contributed by atoms with Gasteiger partial charge in [-0.3, -0.25) is 10.1 Å². The maximum Gasteiger partial charge on any atom is 0.301 e. The molecule has 0 saturated carbocycles. The van der Waals surface area contributed by atoms with Crippen molar-refractivity contribution in [2.45, 2.75) is 26.4 Å². The number of hydrogen-bond acceptors (Lipinski definition) is 4. The van der Waals surface area contributed by atoms with Crippen molar-refractivity contribution in [3.63, 3.8) is 0 Å². The predicted octanol–water partition coefficient (Wildman–Crippen LogP) is 1.35. The fraction of sp³-hybridized carbons (Fsp3) is 0.556. The SMILES string of the molecule is COC(C)(C)C(=O)Nc1nc(C)co1. The molecule has 0 aliphatic carbocycles. The van der Waals surface area contributed by atoms with E-state index in [-0.39, 0.29) is 11.9 Å². The van der Waals surface area contributed by atoms with Crippen LogP contribution in [0.1, 0.15) is 19.5 Å². The van der Waals surface area contributed by atoms with Gasteiger partial charge >= 0.3 is 6.01 Å². The number of hydrogen-bond donors (Lipinski definition) is 1. The fourth-order valence-corrected chi connectivity index (χ4v) is 0.752. The first-order valence-corrected chi connectivity index (χ1v) is 4.24. The molecule has 1 N–H and O–H groups in total. The third-order valence-electron chi connectivity index (χ3n) is 1.90. The number of ether oxygens (including phenoxy) is 1. The van der Waals surface area contributed by atoms with E-state index in [4.69, 9.17) is 9.15 Å². The van der Waals surface area contributed by atoms with Crippen molar-refractivity contribution in [1.29, 1.82) is 0 Å². The van der Waals surface area contributed by atoms with E-state index < -0.39 is 5.60 Å². The molecule has 0 bridgehead atoms. The molecule has 0 aliphatic rings. The highest BCUT2D eigenvalue weighted by atomic mass is 16.5. The van der Waals surface area contributed by atoms with Gasteiger partial charge in [0, 0.05) is 7.11 Å². The molecular formula is C9H14N2O3. The van der Waals surface area contributed by atoms with Gasteiger partial charge in [-0.2, -0.15) is 4.98 Å². The van der Waals surface area contributed by atoms with E-state index in [1.165, 1.54) is 13.4 Å². The second kappa shape index (κ2) is 3.79. The molecule has 0 saturated heterocycles. The summed E-state index contributed by atoms with van der Waals surface area (Å²) in [6.45, 7) is 5.11. The zero-order valence-electron chi connectivity index (χ0n) is 8.75. The highest BCUT2D eigenvalue weighted by Crippen LogP contribution is 2.12. The van der Waals surface area contributed by atoms with Crippen LogP contribution in [0.25, 0.3) is 0 Å². The normalized spacial score (nSPS) is 11.4. The Bertz CT molecular complexity index is 331. The highest BCUT2D eigenvalue weighted by molar-refractivity contribution is 5.95. The summed E-state index contributed by atoms with van der Waals surface area (Å²) in [5.41, 5.74) is -0.168. The van der Waals surface area contributed by atoms with Crippen LogP contribution in [-0.2, 0) is 9.53 Å². The molecule has 0 aromatic carbocycles. The van der Waals surface area contributed by atoms with Crippen LogP contribution in [0.5, 0.6) is 0 Å². The van der Waals surface area contributed by atoms with Gasteiger partial charge in [0.25, 0.3) is 5.91 Å². The van der Waals surface area contributed by atoms with Gasteiger partial charge in [-0.25, -0.2) is 0 Å². The van der Waals surface area contributed by atoms with E-state index in [9.17, 15) is 4.79 Å². The maximum atomic E-state index is 11.5. The molecule has 5 nitrogen and oxygen atoms in total.